The third-order valence-corrected chi connectivity index (χ3v) is 4.52. The minimum absolute atomic E-state index is 0.856. The van der Waals surface area contributed by atoms with Gasteiger partial charge >= 0.3 is 0 Å². The van der Waals surface area contributed by atoms with Gasteiger partial charge in [0.15, 0.2) is 4.34 Å². The Morgan fingerprint density at radius 1 is 1.50 bits per heavy atom. The molecule has 2 aromatic heterocycles. The quantitative estimate of drug-likeness (QED) is 0.824. The van der Waals surface area contributed by atoms with E-state index >= 15 is 0 Å². The summed E-state index contributed by atoms with van der Waals surface area (Å²) in [6, 6.07) is 0. The van der Waals surface area contributed by atoms with E-state index in [4.69, 9.17) is 0 Å². The summed E-state index contributed by atoms with van der Waals surface area (Å²) < 4.78 is 2.87. The van der Waals surface area contributed by atoms with E-state index in [1.807, 2.05) is 18.7 Å². The molecule has 0 amide bonds. The molecular formula is C11H17N5S2. The standard InChI is InChI=1S/C11H17N5S2/c1-4-5-12-6-9-8(2)15-16(3)10(9)18-11-14-13-7-17-11/h7,12H,4-6H2,1-3H3. The molecule has 0 aliphatic carbocycles. The Kier molecular flexibility index (Phi) is 4.73. The molecule has 0 atom stereocenters. The monoisotopic (exact) mass is 283 g/mol. The fourth-order valence-corrected chi connectivity index (χ4v) is 3.30. The molecule has 0 aromatic carbocycles. The average Bonchev–Trinajstić information content (AvgIpc) is 2.92. The molecule has 7 heteroatoms. The Bertz CT molecular complexity index is 492. The smallest absolute Gasteiger partial charge is 0.180 e. The summed E-state index contributed by atoms with van der Waals surface area (Å²) in [6.45, 7) is 6.10. The topological polar surface area (TPSA) is 55.6 Å². The number of aryl methyl sites for hydroxylation is 2. The zero-order valence-electron chi connectivity index (χ0n) is 10.8. The molecule has 0 bridgehead atoms. The van der Waals surface area contributed by atoms with E-state index in [0.29, 0.717) is 0 Å². The molecule has 0 saturated carbocycles. The predicted octanol–water partition coefficient (Wildman–Crippen LogP) is 2.23. The van der Waals surface area contributed by atoms with Crippen LogP contribution in [0.25, 0.3) is 0 Å². The Morgan fingerprint density at radius 3 is 3.00 bits per heavy atom. The van der Waals surface area contributed by atoms with Crippen LogP contribution >= 0.6 is 23.1 Å². The van der Waals surface area contributed by atoms with Crippen LogP contribution in [0.3, 0.4) is 0 Å². The normalized spacial score (nSPS) is 11.1. The second kappa shape index (κ2) is 6.31. The van der Waals surface area contributed by atoms with Gasteiger partial charge in [-0.1, -0.05) is 18.3 Å². The van der Waals surface area contributed by atoms with E-state index in [-0.39, 0.29) is 0 Å². The van der Waals surface area contributed by atoms with Crippen molar-refractivity contribution in [3.8, 4) is 0 Å². The minimum Gasteiger partial charge on any atom is -0.313 e. The van der Waals surface area contributed by atoms with E-state index < -0.39 is 0 Å². The van der Waals surface area contributed by atoms with Gasteiger partial charge in [0, 0.05) is 19.2 Å². The molecule has 2 heterocycles. The maximum Gasteiger partial charge on any atom is 0.180 e. The van der Waals surface area contributed by atoms with Crippen molar-refractivity contribution in [3.05, 3.63) is 16.8 Å². The van der Waals surface area contributed by atoms with Crippen LogP contribution in [-0.2, 0) is 13.6 Å². The van der Waals surface area contributed by atoms with E-state index in [1.54, 1.807) is 28.6 Å². The lowest BCUT2D eigenvalue weighted by Crippen LogP contribution is -2.14. The number of nitrogens with one attached hydrogen (secondary N) is 1. The van der Waals surface area contributed by atoms with Gasteiger partial charge in [-0.15, -0.1) is 10.2 Å². The first-order chi connectivity index (χ1) is 8.72. The molecule has 0 spiro atoms. The van der Waals surface area contributed by atoms with Crippen LogP contribution in [0.1, 0.15) is 24.6 Å². The second-order valence-electron chi connectivity index (χ2n) is 3.98. The van der Waals surface area contributed by atoms with Crippen LogP contribution < -0.4 is 5.32 Å². The fraction of sp³-hybridized carbons (Fsp3) is 0.545. The largest absolute Gasteiger partial charge is 0.313 e. The second-order valence-corrected chi connectivity index (χ2v) is 6.05. The lowest BCUT2D eigenvalue weighted by Gasteiger charge is -2.05. The van der Waals surface area contributed by atoms with Crippen molar-refractivity contribution >= 4 is 23.1 Å². The average molecular weight is 283 g/mol. The van der Waals surface area contributed by atoms with Crippen molar-refractivity contribution < 1.29 is 0 Å². The summed E-state index contributed by atoms with van der Waals surface area (Å²) in [4.78, 5) is 0. The molecule has 0 aliphatic rings. The lowest BCUT2D eigenvalue weighted by molar-refractivity contribution is 0.653. The van der Waals surface area contributed by atoms with Crippen LogP contribution in [0.2, 0.25) is 0 Å². The molecule has 2 aromatic rings. The first-order valence-electron chi connectivity index (χ1n) is 5.89. The highest BCUT2D eigenvalue weighted by Gasteiger charge is 2.15. The number of aromatic nitrogens is 4. The zero-order valence-corrected chi connectivity index (χ0v) is 12.4. The highest BCUT2D eigenvalue weighted by atomic mass is 32.2. The first kappa shape index (κ1) is 13.5. The summed E-state index contributed by atoms with van der Waals surface area (Å²) in [7, 11) is 1.97. The minimum atomic E-state index is 0.856. The van der Waals surface area contributed by atoms with Crippen molar-refractivity contribution in [1.29, 1.82) is 0 Å². The maximum absolute atomic E-state index is 4.48. The number of hydrogen-bond acceptors (Lipinski definition) is 6. The number of rotatable bonds is 6. The Morgan fingerprint density at radius 2 is 2.33 bits per heavy atom. The number of nitrogens with zero attached hydrogens (tertiary/aromatic N) is 4. The SMILES string of the molecule is CCCNCc1c(C)nn(C)c1Sc1nncs1. The molecule has 0 saturated heterocycles. The van der Waals surface area contributed by atoms with Crippen molar-refractivity contribution in [2.45, 2.75) is 36.2 Å². The number of hydrogen-bond donors (Lipinski definition) is 1. The van der Waals surface area contributed by atoms with Gasteiger partial charge < -0.3 is 5.32 Å². The summed E-state index contributed by atoms with van der Waals surface area (Å²) in [5.41, 5.74) is 4.08. The van der Waals surface area contributed by atoms with Crippen LogP contribution in [0.4, 0.5) is 0 Å². The molecule has 5 nitrogen and oxygen atoms in total. The molecule has 18 heavy (non-hydrogen) atoms. The van der Waals surface area contributed by atoms with E-state index in [1.165, 1.54) is 5.56 Å². The summed E-state index contributed by atoms with van der Waals surface area (Å²) in [5.74, 6) is 0. The zero-order chi connectivity index (χ0) is 13.0. The van der Waals surface area contributed by atoms with Crippen LogP contribution in [0.15, 0.2) is 14.9 Å². The molecule has 98 valence electrons. The van der Waals surface area contributed by atoms with E-state index in [0.717, 1.165) is 34.6 Å². The van der Waals surface area contributed by atoms with Gasteiger partial charge in [0.05, 0.1) is 5.69 Å². The molecule has 2 rings (SSSR count). The van der Waals surface area contributed by atoms with Gasteiger partial charge in [-0.05, 0) is 31.7 Å². The van der Waals surface area contributed by atoms with Crippen LogP contribution in [-0.4, -0.2) is 26.5 Å². The van der Waals surface area contributed by atoms with Gasteiger partial charge in [0.2, 0.25) is 0 Å². The third kappa shape index (κ3) is 3.09. The van der Waals surface area contributed by atoms with Crippen LogP contribution in [0.5, 0.6) is 0 Å². The molecule has 0 radical (unpaired) electrons. The van der Waals surface area contributed by atoms with Gasteiger partial charge in [0.25, 0.3) is 0 Å². The van der Waals surface area contributed by atoms with Gasteiger partial charge in [-0.25, -0.2) is 0 Å². The van der Waals surface area contributed by atoms with Crippen molar-refractivity contribution in [2.24, 2.45) is 7.05 Å². The summed E-state index contributed by atoms with van der Waals surface area (Å²) in [5, 5.41) is 17.0. The van der Waals surface area contributed by atoms with Crippen LogP contribution in [0, 0.1) is 6.92 Å². The predicted molar refractivity (Wildman–Crippen MR) is 74.0 cm³/mol. The molecular weight excluding hydrogens is 266 g/mol. The fourth-order valence-electron chi connectivity index (χ4n) is 1.69. The Labute approximate surface area is 115 Å². The van der Waals surface area contributed by atoms with Crippen molar-refractivity contribution in [1.82, 2.24) is 25.3 Å². The van der Waals surface area contributed by atoms with Crippen molar-refractivity contribution in [2.75, 3.05) is 6.54 Å². The third-order valence-electron chi connectivity index (χ3n) is 2.54. The lowest BCUT2D eigenvalue weighted by atomic mass is 10.2. The molecule has 0 fully saturated rings. The van der Waals surface area contributed by atoms with Gasteiger partial charge in [0.1, 0.15) is 10.5 Å². The molecule has 1 N–H and O–H groups in total. The van der Waals surface area contributed by atoms with E-state index in [9.17, 15) is 0 Å². The van der Waals surface area contributed by atoms with Gasteiger partial charge in [-0.2, -0.15) is 5.10 Å². The maximum atomic E-state index is 4.48. The summed E-state index contributed by atoms with van der Waals surface area (Å²) >= 11 is 3.18. The molecule has 0 aliphatic heterocycles. The molecule has 0 unspecified atom stereocenters. The summed E-state index contributed by atoms with van der Waals surface area (Å²) in [6.07, 6.45) is 1.14. The highest BCUT2D eigenvalue weighted by Crippen LogP contribution is 2.32. The Balaban J connectivity index is 2.17. The van der Waals surface area contributed by atoms with E-state index in [2.05, 4.69) is 27.5 Å². The van der Waals surface area contributed by atoms with Crippen molar-refractivity contribution in [3.63, 3.8) is 0 Å². The first-order valence-corrected chi connectivity index (χ1v) is 7.59. The Hall–Kier alpha value is -0.920. The van der Waals surface area contributed by atoms with Gasteiger partial charge in [-0.3, -0.25) is 4.68 Å². The highest BCUT2D eigenvalue weighted by molar-refractivity contribution is 8.01.